The largest absolute Gasteiger partial charge is 0.406 e. The SMILES string of the molecule is CN1CCC(=Nc2cccc3c2cc(-c2noc(CNC(=O)c4ccc5cc[nH]c5c4)n2)n3CC(F)(F)F)[C@@H](F)C1. The molecule has 0 spiro atoms. The number of likely N-dealkylation sites (tertiary alicyclic amines) is 1. The molecule has 4 heterocycles. The maximum absolute atomic E-state index is 14.7. The van der Waals surface area contributed by atoms with E-state index in [1.54, 1.807) is 30.5 Å². The van der Waals surface area contributed by atoms with E-state index in [0.29, 0.717) is 35.3 Å². The minimum absolute atomic E-state index is 0.0187. The first-order valence-electron chi connectivity index (χ1n) is 12.9. The molecule has 1 atom stereocenters. The first-order chi connectivity index (χ1) is 19.6. The number of piperidine rings is 1. The average molecular weight is 568 g/mol. The molecule has 5 aromatic rings. The topological polar surface area (TPSA) is 104 Å². The third-order valence-corrected chi connectivity index (χ3v) is 7.02. The molecule has 212 valence electrons. The van der Waals surface area contributed by atoms with Gasteiger partial charge >= 0.3 is 6.18 Å². The maximum atomic E-state index is 14.7. The van der Waals surface area contributed by atoms with Gasteiger partial charge in [-0.05, 0) is 48.8 Å². The van der Waals surface area contributed by atoms with E-state index in [-0.39, 0.29) is 41.9 Å². The number of nitrogens with zero attached hydrogens (tertiary/aromatic N) is 5. The number of aromatic nitrogens is 4. The van der Waals surface area contributed by atoms with Crippen molar-refractivity contribution in [2.24, 2.45) is 4.99 Å². The van der Waals surface area contributed by atoms with Crippen molar-refractivity contribution >= 4 is 39.1 Å². The summed E-state index contributed by atoms with van der Waals surface area (Å²) in [5.41, 5.74) is 2.25. The van der Waals surface area contributed by atoms with Crippen LogP contribution >= 0.6 is 0 Å². The lowest BCUT2D eigenvalue weighted by Gasteiger charge is -2.26. The normalized spacial score (nSPS) is 17.6. The lowest BCUT2D eigenvalue weighted by atomic mass is 10.1. The number of halogens is 4. The smallest absolute Gasteiger partial charge is 0.361 e. The van der Waals surface area contributed by atoms with E-state index in [1.807, 2.05) is 24.1 Å². The van der Waals surface area contributed by atoms with E-state index >= 15 is 0 Å². The highest BCUT2D eigenvalue weighted by atomic mass is 19.4. The quantitative estimate of drug-likeness (QED) is 0.267. The van der Waals surface area contributed by atoms with E-state index in [1.165, 1.54) is 12.1 Å². The van der Waals surface area contributed by atoms with Crippen LogP contribution in [-0.2, 0) is 13.1 Å². The Kier molecular flexibility index (Phi) is 6.81. The molecule has 1 saturated heterocycles. The summed E-state index contributed by atoms with van der Waals surface area (Å²) < 4.78 is 61.9. The lowest BCUT2D eigenvalue weighted by Crippen LogP contribution is -2.39. The zero-order chi connectivity index (χ0) is 28.7. The van der Waals surface area contributed by atoms with Gasteiger partial charge in [0.05, 0.1) is 29.2 Å². The lowest BCUT2D eigenvalue weighted by molar-refractivity contribution is -0.139. The van der Waals surface area contributed by atoms with Gasteiger partial charge in [0.1, 0.15) is 6.54 Å². The predicted octanol–water partition coefficient (Wildman–Crippen LogP) is 5.41. The molecule has 1 amide bonds. The number of hydrogen-bond donors (Lipinski definition) is 2. The zero-order valence-electron chi connectivity index (χ0n) is 21.9. The first kappa shape index (κ1) is 26.7. The predicted molar refractivity (Wildman–Crippen MR) is 145 cm³/mol. The number of rotatable bonds is 6. The Hall–Kier alpha value is -4.52. The molecule has 0 aliphatic carbocycles. The van der Waals surface area contributed by atoms with Gasteiger partial charge in [-0.3, -0.25) is 9.79 Å². The first-order valence-corrected chi connectivity index (χ1v) is 12.9. The van der Waals surface area contributed by atoms with E-state index in [9.17, 15) is 22.4 Å². The number of fused-ring (bicyclic) bond motifs is 2. The second kappa shape index (κ2) is 10.5. The molecule has 3 aromatic heterocycles. The minimum atomic E-state index is -4.54. The van der Waals surface area contributed by atoms with Gasteiger partial charge in [-0.15, -0.1) is 0 Å². The molecule has 0 bridgehead atoms. The molecular weight excluding hydrogens is 542 g/mol. The number of alkyl halides is 4. The van der Waals surface area contributed by atoms with Crippen LogP contribution < -0.4 is 5.32 Å². The highest BCUT2D eigenvalue weighted by Gasteiger charge is 2.31. The number of benzene rings is 2. The van der Waals surface area contributed by atoms with Gasteiger partial charge in [-0.1, -0.05) is 17.3 Å². The number of carbonyl (C=O) groups excluding carboxylic acids is 1. The fourth-order valence-corrected chi connectivity index (χ4v) is 4.99. The molecule has 1 fully saturated rings. The molecule has 1 aliphatic heterocycles. The molecule has 9 nitrogen and oxygen atoms in total. The third-order valence-electron chi connectivity index (χ3n) is 7.02. The highest BCUT2D eigenvalue weighted by molar-refractivity contribution is 6.00. The Morgan fingerprint density at radius 2 is 2.07 bits per heavy atom. The average Bonchev–Trinajstić information content (AvgIpc) is 3.67. The van der Waals surface area contributed by atoms with Crippen molar-refractivity contribution < 1.29 is 26.9 Å². The van der Waals surface area contributed by atoms with Crippen molar-refractivity contribution in [3.8, 4) is 11.5 Å². The van der Waals surface area contributed by atoms with Gasteiger partial charge in [0.2, 0.25) is 11.7 Å². The van der Waals surface area contributed by atoms with Crippen molar-refractivity contribution in [3.63, 3.8) is 0 Å². The summed E-state index contributed by atoms with van der Waals surface area (Å²) in [7, 11) is 1.82. The van der Waals surface area contributed by atoms with E-state index in [2.05, 4.69) is 25.4 Å². The van der Waals surface area contributed by atoms with Crippen molar-refractivity contribution in [1.29, 1.82) is 0 Å². The molecule has 2 aromatic carbocycles. The summed E-state index contributed by atoms with van der Waals surface area (Å²) in [5, 5.41) is 7.94. The summed E-state index contributed by atoms with van der Waals surface area (Å²) >= 11 is 0. The third kappa shape index (κ3) is 5.57. The number of carbonyl (C=O) groups is 1. The van der Waals surface area contributed by atoms with E-state index < -0.39 is 18.9 Å². The second-order valence-electron chi connectivity index (χ2n) is 10.00. The summed E-state index contributed by atoms with van der Waals surface area (Å²) in [4.78, 5) is 26.3. The summed E-state index contributed by atoms with van der Waals surface area (Å²) in [6, 6.07) is 13.3. The molecule has 1 aliphatic rings. The molecule has 41 heavy (non-hydrogen) atoms. The molecule has 2 N–H and O–H groups in total. The highest BCUT2D eigenvalue weighted by Crippen LogP contribution is 2.35. The van der Waals surface area contributed by atoms with Gasteiger partial charge in [0, 0.05) is 42.2 Å². The molecule has 0 saturated carbocycles. The van der Waals surface area contributed by atoms with Gasteiger partial charge in [0.15, 0.2) is 6.17 Å². The fourth-order valence-electron chi connectivity index (χ4n) is 4.99. The zero-order valence-corrected chi connectivity index (χ0v) is 21.9. The van der Waals surface area contributed by atoms with Crippen LogP contribution in [0.4, 0.5) is 23.2 Å². The van der Waals surface area contributed by atoms with Crippen molar-refractivity contribution in [2.45, 2.75) is 31.9 Å². The molecule has 0 unspecified atom stereocenters. The fraction of sp³-hybridized carbons (Fsp3) is 0.286. The Bertz CT molecular complexity index is 1770. The molecule has 0 radical (unpaired) electrons. The van der Waals surface area contributed by atoms with Crippen LogP contribution in [0.3, 0.4) is 0 Å². The summed E-state index contributed by atoms with van der Waals surface area (Å²) in [6.45, 7) is -0.584. The van der Waals surface area contributed by atoms with E-state index in [4.69, 9.17) is 4.52 Å². The van der Waals surface area contributed by atoms with Gasteiger partial charge in [-0.25, -0.2) is 4.39 Å². The van der Waals surface area contributed by atoms with Gasteiger partial charge in [-0.2, -0.15) is 18.2 Å². The summed E-state index contributed by atoms with van der Waals surface area (Å²) in [6.07, 6.45) is -3.61. The number of nitrogens with one attached hydrogen (secondary N) is 2. The van der Waals surface area contributed by atoms with Crippen molar-refractivity contribution in [3.05, 3.63) is 66.2 Å². The Labute approximate surface area is 230 Å². The standard InChI is InChI=1S/C28H25F4N7O2/c1-38-10-8-21(19(29)14-38)35-20-3-2-4-23-18(20)12-24(39(23)15-28(30,31)32)26-36-25(41-37-26)13-34-27(40)17-6-5-16-7-9-33-22(16)11-17/h2-7,9,11-12,19,33H,8,10,13-15H2,1H3,(H,34,40)/t19-/m0/s1. The van der Waals surface area contributed by atoms with Crippen molar-refractivity contribution in [1.82, 2.24) is 29.9 Å². The number of amides is 1. The van der Waals surface area contributed by atoms with Crippen LogP contribution in [0.2, 0.25) is 0 Å². The van der Waals surface area contributed by atoms with E-state index in [0.717, 1.165) is 15.5 Å². The Balaban J connectivity index is 1.29. The number of hydrogen-bond acceptors (Lipinski definition) is 6. The molecule has 13 heteroatoms. The van der Waals surface area contributed by atoms with Crippen LogP contribution in [0.5, 0.6) is 0 Å². The van der Waals surface area contributed by atoms with Crippen LogP contribution in [0.25, 0.3) is 33.3 Å². The van der Waals surface area contributed by atoms with Crippen molar-refractivity contribution in [2.75, 3.05) is 20.1 Å². The number of aliphatic imine (C=N–C) groups is 1. The number of H-pyrrole nitrogens is 1. The van der Waals surface area contributed by atoms with Crippen LogP contribution in [0, 0.1) is 0 Å². The van der Waals surface area contributed by atoms with Crippen LogP contribution in [-0.4, -0.2) is 68.7 Å². The molecule has 6 rings (SSSR count). The van der Waals surface area contributed by atoms with Gasteiger partial charge < -0.3 is 24.3 Å². The van der Waals surface area contributed by atoms with Crippen LogP contribution in [0.1, 0.15) is 22.7 Å². The maximum Gasteiger partial charge on any atom is 0.406 e. The second-order valence-corrected chi connectivity index (χ2v) is 10.00. The summed E-state index contributed by atoms with van der Waals surface area (Å²) in [5.74, 6) is -0.440. The minimum Gasteiger partial charge on any atom is -0.361 e. The monoisotopic (exact) mass is 567 g/mol. The Morgan fingerprint density at radius 1 is 1.22 bits per heavy atom. The molecular formula is C28H25F4N7O2. The van der Waals surface area contributed by atoms with Crippen LogP contribution in [0.15, 0.2) is 64.2 Å². The number of aromatic amines is 1. The van der Waals surface area contributed by atoms with Gasteiger partial charge in [0.25, 0.3) is 5.91 Å². The Morgan fingerprint density at radius 3 is 2.88 bits per heavy atom.